The molecule has 7 nitrogen and oxygen atoms in total. The number of hydrogen-bond acceptors (Lipinski definition) is 5. The summed E-state index contributed by atoms with van der Waals surface area (Å²) < 4.78 is 13.0. The molecule has 0 aliphatic carbocycles. The van der Waals surface area contributed by atoms with Crippen molar-refractivity contribution in [3.05, 3.63) is 125 Å². The number of nitrogens with zero attached hydrogens (tertiary/aromatic N) is 3. The molecule has 186 valence electrons. The summed E-state index contributed by atoms with van der Waals surface area (Å²) in [5, 5.41) is 11.3. The van der Waals surface area contributed by atoms with E-state index in [0.29, 0.717) is 24.5 Å². The molecule has 1 N–H and O–H groups in total. The molecule has 3 aromatic carbocycles. The van der Waals surface area contributed by atoms with Gasteiger partial charge in [-0.15, -0.1) is 0 Å². The van der Waals surface area contributed by atoms with E-state index in [-0.39, 0.29) is 5.91 Å². The van der Waals surface area contributed by atoms with Crippen LogP contribution in [0.3, 0.4) is 0 Å². The second-order valence-electron chi connectivity index (χ2n) is 8.86. The average molecular weight is 493 g/mol. The van der Waals surface area contributed by atoms with Crippen LogP contribution in [0.5, 0.6) is 5.75 Å². The van der Waals surface area contributed by atoms with E-state index in [1.54, 1.807) is 18.3 Å². The molecule has 2 heterocycles. The normalized spacial score (nSPS) is 10.9. The van der Waals surface area contributed by atoms with Crippen molar-refractivity contribution < 1.29 is 14.1 Å². The average Bonchev–Trinajstić information content (AvgIpc) is 3.56. The van der Waals surface area contributed by atoms with Crippen molar-refractivity contribution in [2.45, 2.75) is 33.5 Å². The minimum atomic E-state index is -0.160. The van der Waals surface area contributed by atoms with Crippen LogP contribution in [-0.2, 0) is 19.7 Å². The van der Waals surface area contributed by atoms with Crippen LogP contribution in [0.25, 0.3) is 11.1 Å². The summed E-state index contributed by atoms with van der Waals surface area (Å²) in [4.78, 5) is 13.0. The van der Waals surface area contributed by atoms with Crippen LogP contribution >= 0.6 is 0 Å². The van der Waals surface area contributed by atoms with Crippen LogP contribution in [0.2, 0.25) is 0 Å². The van der Waals surface area contributed by atoms with Crippen LogP contribution < -0.4 is 10.1 Å². The van der Waals surface area contributed by atoms with Crippen molar-refractivity contribution in [1.29, 1.82) is 0 Å². The second kappa shape index (κ2) is 11.0. The van der Waals surface area contributed by atoms with Crippen LogP contribution in [0.1, 0.15) is 38.5 Å². The highest BCUT2D eigenvalue weighted by molar-refractivity contribution is 5.94. The molecule has 0 aliphatic heterocycles. The molecule has 7 heteroatoms. The zero-order chi connectivity index (χ0) is 25.6. The quantitative estimate of drug-likeness (QED) is 0.285. The fourth-order valence-electron chi connectivity index (χ4n) is 4.19. The summed E-state index contributed by atoms with van der Waals surface area (Å²) in [5.74, 6) is 1.19. The number of aromatic nitrogens is 3. The Balaban J connectivity index is 1.23. The first-order valence-electron chi connectivity index (χ1n) is 12.1. The van der Waals surface area contributed by atoms with Gasteiger partial charge in [-0.25, -0.2) is 0 Å². The molecule has 0 aliphatic rings. The van der Waals surface area contributed by atoms with E-state index in [1.165, 1.54) is 5.56 Å². The van der Waals surface area contributed by atoms with Crippen LogP contribution in [0.15, 0.2) is 95.8 Å². The fourth-order valence-corrected chi connectivity index (χ4v) is 4.19. The van der Waals surface area contributed by atoms with E-state index in [1.807, 2.05) is 61.1 Å². The van der Waals surface area contributed by atoms with Crippen LogP contribution in [0.4, 0.5) is 0 Å². The monoisotopic (exact) mass is 492 g/mol. The van der Waals surface area contributed by atoms with Gasteiger partial charge in [0.05, 0.1) is 17.8 Å². The maximum absolute atomic E-state index is 13.0. The minimum Gasteiger partial charge on any atom is -0.489 e. The molecule has 0 saturated carbocycles. The zero-order valence-corrected chi connectivity index (χ0v) is 20.8. The number of hydrogen-bond donors (Lipinski definition) is 1. The molecule has 0 spiro atoms. The number of carbonyl (C=O) groups is 1. The Kier molecular flexibility index (Phi) is 7.12. The molecule has 1 amide bonds. The van der Waals surface area contributed by atoms with Crippen molar-refractivity contribution in [2.75, 3.05) is 0 Å². The van der Waals surface area contributed by atoms with Crippen molar-refractivity contribution in [1.82, 2.24) is 20.3 Å². The smallest absolute Gasteiger partial charge is 0.251 e. The van der Waals surface area contributed by atoms with Crippen LogP contribution in [-0.4, -0.2) is 20.8 Å². The summed E-state index contributed by atoms with van der Waals surface area (Å²) in [5.41, 5.74) is 6.67. The van der Waals surface area contributed by atoms with Gasteiger partial charge in [-0.2, -0.15) is 5.10 Å². The predicted octanol–water partition coefficient (Wildman–Crippen LogP) is 5.71. The number of aryl methyl sites for hydroxylation is 2. The Bertz CT molecular complexity index is 1470. The van der Waals surface area contributed by atoms with Gasteiger partial charge in [-0.3, -0.25) is 9.48 Å². The third-order valence-corrected chi connectivity index (χ3v) is 6.29. The number of amides is 1. The van der Waals surface area contributed by atoms with Gasteiger partial charge in [0.15, 0.2) is 0 Å². The van der Waals surface area contributed by atoms with E-state index in [4.69, 9.17) is 9.26 Å². The summed E-state index contributed by atoms with van der Waals surface area (Å²) >= 11 is 0. The SMILES string of the molecule is Cc1noc(C)c1COc1cccc(C(=O)NCc2ccccc2-c2ccc(Cn3cccn3)cc2)c1. The molecule has 37 heavy (non-hydrogen) atoms. The molecule has 0 atom stereocenters. The van der Waals surface area contributed by atoms with E-state index < -0.39 is 0 Å². The lowest BCUT2D eigenvalue weighted by atomic mass is 9.98. The molecule has 5 aromatic rings. The van der Waals surface area contributed by atoms with Gasteiger partial charge >= 0.3 is 0 Å². The van der Waals surface area contributed by atoms with Crippen molar-refractivity contribution in [2.24, 2.45) is 0 Å². The molecule has 0 radical (unpaired) electrons. The number of rotatable bonds is 9. The third kappa shape index (κ3) is 5.78. The molecular weight excluding hydrogens is 464 g/mol. The lowest BCUT2D eigenvalue weighted by Gasteiger charge is -2.12. The third-order valence-electron chi connectivity index (χ3n) is 6.29. The van der Waals surface area contributed by atoms with Gasteiger partial charge in [0.1, 0.15) is 18.1 Å². The molecule has 0 bridgehead atoms. The minimum absolute atomic E-state index is 0.160. The van der Waals surface area contributed by atoms with Crippen LogP contribution in [0, 0.1) is 13.8 Å². The van der Waals surface area contributed by atoms with Gasteiger partial charge < -0.3 is 14.6 Å². The molecular formula is C30H28N4O3. The van der Waals surface area contributed by atoms with Gasteiger partial charge in [0.2, 0.25) is 0 Å². The Morgan fingerprint density at radius 3 is 2.59 bits per heavy atom. The van der Waals surface area contributed by atoms with Crippen molar-refractivity contribution in [3.8, 4) is 16.9 Å². The van der Waals surface area contributed by atoms with E-state index >= 15 is 0 Å². The summed E-state index contributed by atoms with van der Waals surface area (Å²) in [6.45, 7) is 5.21. The highest BCUT2D eigenvalue weighted by Gasteiger charge is 2.12. The lowest BCUT2D eigenvalue weighted by Crippen LogP contribution is -2.23. The number of ether oxygens (including phenoxy) is 1. The molecule has 5 rings (SSSR count). The first kappa shape index (κ1) is 24.1. The number of nitrogens with one attached hydrogen (secondary N) is 1. The topological polar surface area (TPSA) is 82.2 Å². The molecule has 0 saturated heterocycles. The molecule has 0 unspecified atom stereocenters. The highest BCUT2D eigenvalue weighted by atomic mass is 16.5. The Labute approximate surface area is 215 Å². The Morgan fingerprint density at radius 1 is 1.00 bits per heavy atom. The van der Waals surface area contributed by atoms with Gasteiger partial charge in [0.25, 0.3) is 5.91 Å². The zero-order valence-electron chi connectivity index (χ0n) is 20.8. The number of carbonyl (C=O) groups excluding carboxylic acids is 1. The standard InChI is InChI=1S/C30H28N4O3/c1-21-29(22(2)37-33-21)20-36-27-9-5-8-25(17-27)30(35)31-18-26-7-3-4-10-28(26)24-13-11-23(12-14-24)19-34-16-6-15-32-34/h3-17H,18-20H2,1-2H3,(H,31,35). The van der Waals surface area contributed by atoms with E-state index in [9.17, 15) is 4.79 Å². The number of benzene rings is 3. The molecule has 2 aromatic heterocycles. The second-order valence-corrected chi connectivity index (χ2v) is 8.86. The predicted molar refractivity (Wildman–Crippen MR) is 141 cm³/mol. The first-order valence-corrected chi connectivity index (χ1v) is 12.1. The van der Waals surface area contributed by atoms with E-state index in [0.717, 1.165) is 40.3 Å². The van der Waals surface area contributed by atoms with Crippen molar-refractivity contribution >= 4 is 5.91 Å². The van der Waals surface area contributed by atoms with Crippen molar-refractivity contribution in [3.63, 3.8) is 0 Å². The van der Waals surface area contributed by atoms with Gasteiger partial charge in [-0.05, 0) is 60.4 Å². The maximum atomic E-state index is 13.0. The maximum Gasteiger partial charge on any atom is 0.251 e. The first-order chi connectivity index (χ1) is 18.1. The van der Waals surface area contributed by atoms with Gasteiger partial charge in [-0.1, -0.05) is 59.8 Å². The van der Waals surface area contributed by atoms with Gasteiger partial charge in [0, 0.05) is 24.5 Å². The lowest BCUT2D eigenvalue weighted by molar-refractivity contribution is 0.0950. The van der Waals surface area contributed by atoms with E-state index in [2.05, 4.69) is 45.9 Å². The molecule has 0 fully saturated rings. The fraction of sp³-hybridized carbons (Fsp3) is 0.167. The highest BCUT2D eigenvalue weighted by Crippen LogP contribution is 2.25. The summed E-state index contributed by atoms with van der Waals surface area (Å²) in [6.07, 6.45) is 3.73. The summed E-state index contributed by atoms with van der Waals surface area (Å²) in [6, 6.07) is 25.7. The summed E-state index contributed by atoms with van der Waals surface area (Å²) in [7, 11) is 0. The largest absolute Gasteiger partial charge is 0.489 e. The Morgan fingerprint density at radius 2 is 1.84 bits per heavy atom. The Hall–Kier alpha value is -4.65.